The highest BCUT2D eigenvalue weighted by atomic mass is 35.5. The number of anilines is 1. The number of ether oxygens (including phenoxy) is 2. The molecule has 0 saturated carbocycles. The van der Waals surface area contributed by atoms with Gasteiger partial charge < -0.3 is 30.7 Å². The molecule has 2 fully saturated rings. The highest BCUT2D eigenvalue weighted by Crippen LogP contribution is 2.40. The number of piperidine rings is 1. The van der Waals surface area contributed by atoms with E-state index in [0.717, 1.165) is 12.8 Å². The third kappa shape index (κ3) is 7.79. The lowest BCUT2D eigenvalue weighted by molar-refractivity contribution is -0.135. The number of nitrogens with one attached hydrogen (secondary N) is 2. The number of rotatable bonds is 10. The van der Waals surface area contributed by atoms with Gasteiger partial charge in [0.15, 0.2) is 11.2 Å². The SMILES string of the molecule is CC(C)(Oc1cc(OC(C)(C)C(=O)N[C@H]2C[C@H]3CC[C@@H](C2)N3c2ccc(C(=O)NCC(F)(F)F)cn2)c(Cl)cc1Cl)C(N)=O. The van der Waals surface area contributed by atoms with E-state index in [1.54, 1.807) is 19.9 Å². The molecule has 0 unspecified atom stereocenters. The van der Waals surface area contributed by atoms with E-state index >= 15 is 0 Å². The number of halogens is 5. The third-order valence-electron chi connectivity index (χ3n) is 7.65. The molecular weight excluding hydrogens is 626 g/mol. The Hall–Kier alpha value is -3.45. The van der Waals surface area contributed by atoms with Crippen LogP contribution >= 0.6 is 23.2 Å². The fraction of sp³-hybridized carbons (Fsp3) is 0.517. The maximum Gasteiger partial charge on any atom is 0.405 e. The van der Waals surface area contributed by atoms with Crippen molar-refractivity contribution in [2.24, 2.45) is 5.73 Å². The summed E-state index contributed by atoms with van der Waals surface area (Å²) in [7, 11) is 0. The second-order valence-electron chi connectivity index (χ2n) is 11.9. The molecule has 2 bridgehead atoms. The molecule has 0 aliphatic carbocycles. The molecule has 2 aliphatic heterocycles. The van der Waals surface area contributed by atoms with Gasteiger partial charge >= 0.3 is 6.18 Å². The van der Waals surface area contributed by atoms with E-state index < -0.39 is 35.7 Å². The molecule has 0 spiro atoms. The van der Waals surface area contributed by atoms with Gasteiger partial charge in [0.05, 0.1) is 15.6 Å². The Labute approximate surface area is 262 Å². The number of hydrogen-bond acceptors (Lipinski definition) is 7. The van der Waals surface area contributed by atoms with Gasteiger partial charge in [0.2, 0.25) is 0 Å². The number of pyridine rings is 1. The number of aromatic nitrogens is 1. The van der Waals surface area contributed by atoms with Gasteiger partial charge in [0, 0.05) is 30.4 Å². The second-order valence-corrected chi connectivity index (χ2v) is 12.8. The molecule has 3 heterocycles. The van der Waals surface area contributed by atoms with Gasteiger partial charge in [-0.3, -0.25) is 14.4 Å². The van der Waals surface area contributed by atoms with E-state index in [9.17, 15) is 27.6 Å². The van der Waals surface area contributed by atoms with Crippen LogP contribution in [-0.2, 0) is 9.59 Å². The average molecular weight is 661 g/mol. The summed E-state index contributed by atoms with van der Waals surface area (Å²) in [4.78, 5) is 43.7. The summed E-state index contributed by atoms with van der Waals surface area (Å²) in [5.74, 6) is -1.07. The molecule has 3 amide bonds. The number of carbonyl (C=O) groups is 3. The predicted molar refractivity (Wildman–Crippen MR) is 158 cm³/mol. The van der Waals surface area contributed by atoms with Crippen LogP contribution in [0.5, 0.6) is 11.5 Å². The number of amides is 3. The summed E-state index contributed by atoms with van der Waals surface area (Å²) in [6.45, 7) is 4.75. The standard InChI is InChI=1S/C29H34Cl2F3N5O5/c1-27(2,25(35)41)43-21-12-22(20(31)11-19(21)30)44-28(3,4)26(42)38-16-9-17-6-7-18(10-16)39(17)23-8-5-15(13-36-23)24(40)37-14-29(32,33)34/h5,8,11-13,16-18H,6-7,9-10,14H2,1-4H3,(H2,35,41)(H,37,40)(H,38,42)/t16-,17+,18-. The Morgan fingerprint density at radius 3 is 2.05 bits per heavy atom. The Balaban J connectivity index is 1.38. The predicted octanol–water partition coefficient (Wildman–Crippen LogP) is 4.80. The molecule has 15 heteroatoms. The van der Waals surface area contributed by atoms with Crippen LogP contribution in [0.25, 0.3) is 0 Å². The minimum atomic E-state index is -4.50. The van der Waals surface area contributed by atoms with Crippen molar-refractivity contribution in [3.8, 4) is 11.5 Å². The number of nitrogens with zero attached hydrogens (tertiary/aromatic N) is 2. The first-order chi connectivity index (χ1) is 20.4. The Morgan fingerprint density at radius 1 is 0.977 bits per heavy atom. The summed E-state index contributed by atoms with van der Waals surface area (Å²) in [6.07, 6.45) is -0.226. The van der Waals surface area contributed by atoms with Crippen molar-refractivity contribution in [1.29, 1.82) is 0 Å². The number of fused-ring (bicyclic) bond motifs is 2. The molecule has 2 saturated heterocycles. The smallest absolute Gasteiger partial charge is 0.405 e. The van der Waals surface area contributed by atoms with Crippen molar-refractivity contribution in [3.05, 3.63) is 46.1 Å². The Morgan fingerprint density at radius 2 is 1.55 bits per heavy atom. The van der Waals surface area contributed by atoms with Gasteiger partial charge in [0.25, 0.3) is 17.7 Å². The van der Waals surface area contributed by atoms with Gasteiger partial charge in [-0.25, -0.2) is 4.98 Å². The van der Waals surface area contributed by atoms with Crippen molar-refractivity contribution < 1.29 is 37.0 Å². The number of hydrogen-bond donors (Lipinski definition) is 3. The minimum Gasteiger partial charge on any atom is -0.476 e. The quantitative estimate of drug-likeness (QED) is 0.333. The van der Waals surface area contributed by atoms with Gasteiger partial charge in [-0.05, 0) is 71.6 Å². The van der Waals surface area contributed by atoms with Crippen LogP contribution in [0.1, 0.15) is 63.7 Å². The molecule has 1 aromatic heterocycles. The van der Waals surface area contributed by atoms with Crippen LogP contribution in [0.3, 0.4) is 0 Å². The number of primary amides is 1. The Bertz CT molecular complexity index is 1410. The lowest BCUT2D eigenvalue weighted by Gasteiger charge is -2.41. The molecule has 2 aliphatic rings. The zero-order chi connectivity index (χ0) is 32.6. The summed E-state index contributed by atoms with van der Waals surface area (Å²) in [5, 5.41) is 5.20. The molecule has 0 radical (unpaired) electrons. The molecular formula is C29H34Cl2F3N5O5. The molecule has 44 heavy (non-hydrogen) atoms. The zero-order valence-electron chi connectivity index (χ0n) is 24.6. The van der Waals surface area contributed by atoms with E-state index in [-0.39, 0.29) is 51.1 Å². The molecule has 2 aromatic rings. The normalized spacial score (nSPS) is 20.2. The lowest BCUT2D eigenvalue weighted by atomic mass is 9.96. The number of benzene rings is 1. The van der Waals surface area contributed by atoms with Crippen LogP contribution in [0.15, 0.2) is 30.5 Å². The van der Waals surface area contributed by atoms with Crippen LogP contribution in [0, 0.1) is 0 Å². The maximum atomic E-state index is 13.4. The fourth-order valence-corrected chi connectivity index (χ4v) is 5.76. The highest BCUT2D eigenvalue weighted by molar-refractivity contribution is 6.36. The largest absolute Gasteiger partial charge is 0.476 e. The minimum absolute atomic E-state index is 0.0331. The van der Waals surface area contributed by atoms with E-state index in [1.807, 2.05) is 5.32 Å². The highest BCUT2D eigenvalue weighted by Gasteiger charge is 2.43. The summed E-state index contributed by atoms with van der Waals surface area (Å²) in [6, 6.07) is 5.86. The van der Waals surface area contributed by atoms with E-state index in [2.05, 4.69) is 15.2 Å². The first-order valence-corrected chi connectivity index (χ1v) is 14.7. The number of alkyl halides is 3. The van der Waals surface area contributed by atoms with Crippen LogP contribution in [0.2, 0.25) is 10.0 Å². The monoisotopic (exact) mass is 659 g/mol. The number of carbonyl (C=O) groups excluding carboxylic acids is 3. The van der Waals surface area contributed by atoms with Crippen molar-refractivity contribution in [2.75, 3.05) is 11.4 Å². The molecule has 240 valence electrons. The Kier molecular flexibility index (Phi) is 9.51. The van der Waals surface area contributed by atoms with E-state index in [1.165, 1.54) is 38.2 Å². The molecule has 4 N–H and O–H groups in total. The fourth-order valence-electron chi connectivity index (χ4n) is 5.30. The first kappa shape index (κ1) is 33.4. The molecule has 10 nitrogen and oxygen atoms in total. The van der Waals surface area contributed by atoms with Crippen molar-refractivity contribution >= 4 is 46.7 Å². The molecule has 4 rings (SSSR count). The van der Waals surface area contributed by atoms with Crippen molar-refractivity contribution in [3.63, 3.8) is 0 Å². The topological polar surface area (TPSA) is 136 Å². The summed E-state index contributed by atoms with van der Waals surface area (Å²) < 4.78 is 49.0. The van der Waals surface area contributed by atoms with Gasteiger partial charge in [-0.15, -0.1) is 0 Å². The first-order valence-electron chi connectivity index (χ1n) is 13.9. The van der Waals surface area contributed by atoms with Gasteiger partial charge in [-0.1, -0.05) is 23.2 Å². The molecule has 3 atom stereocenters. The third-order valence-corrected chi connectivity index (χ3v) is 8.24. The van der Waals surface area contributed by atoms with E-state index in [0.29, 0.717) is 18.7 Å². The van der Waals surface area contributed by atoms with Crippen LogP contribution in [-0.4, -0.2) is 64.8 Å². The van der Waals surface area contributed by atoms with Crippen molar-refractivity contribution in [2.45, 2.75) is 88.9 Å². The van der Waals surface area contributed by atoms with Gasteiger partial charge in [0.1, 0.15) is 23.9 Å². The second kappa shape index (κ2) is 12.5. The summed E-state index contributed by atoms with van der Waals surface area (Å²) in [5.41, 5.74) is 2.72. The van der Waals surface area contributed by atoms with Crippen LogP contribution in [0.4, 0.5) is 19.0 Å². The summed E-state index contributed by atoms with van der Waals surface area (Å²) >= 11 is 12.6. The van der Waals surface area contributed by atoms with Crippen molar-refractivity contribution in [1.82, 2.24) is 15.6 Å². The zero-order valence-corrected chi connectivity index (χ0v) is 26.1. The maximum absolute atomic E-state index is 13.4. The van der Waals surface area contributed by atoms with Gasteiger partial charge in [-0.2, -0.15) is 13.2 Å². The van der Waals surface area contributed by atoms with E-state index in [4.69, 9.17) is 38.4 Å². The number of nitrogens with two attached hydrogens (primary N) is 1. The van der Waals surface area contributed by atoms with Crippen LogP contribution < -0.4 is 30.7 Å². The average Bonchev–Trinajstić information content (AvgIpc) is 3.19. The molecule has 1 aromatic carbocycles. The lowest BCUT2D eigenvalue weighted by Crippen LogP contribution is -2.55.